The van der Waals surface area contributed by atoms with Gasteiger partial charge in [-0.15, -0.1) is 10.2 Å². The van der Waals surface area contributed by atoms with Crippen LogP contribution in [0.25, 0.3) is 10.9 Å². The molecule has 1 fully saturated rings. The Balaban J connectivity index is 1.36. The second-order valence-electron chi connectivity index (χ2n) is 8.67. The lowest BCUT2D eigenvalue weighted by Gasteiger charge is -2.32. The second-order valence-corrected chi connectivity index (χ2v) is 10.8. The fraction of sp³-hybridized carbons (Fsp3) is 0.417. The molecular weight excluding hydrogens is 466 g/mol. The summed E-state index contributed by atoms with van der Waals surface area (Å²) in [7, 11) is 2.13. The molecule has 5 rings (SSSR count). The average molecular weight is 496 g/mol. The van der Waals surface area contributed by atoms with E-state index in [0.717, 1.165) is 70.6 Å². The lowest BCUT2D eigenvalue weighted by atomic mass is 10.1. The van der Waals surface area contributed by atoms with Gasteiger partial charge in [-0.2, -0.15) is 0 Å². The van der Waals surface area contributed by atoms with E-state index in [1.165, 1.54) is 11.3 Å². The molecule has 10 heteroatoms. The zero-order valence-corrected chi connectivity index (χ0v) is 21.1. The number of para-hydroxylation sites is 1. The summed E-state index contributed by atoms with van der Waals surface area (Å²) in [5, 5.41) is 16.0. The number of carbonyl (C=O) groups excluding carboxylic acids is 1. The summed E-state index contributed by atoms with van der Waals surface area (Å²) in [5.74, 6) is -0.116. The average Bonchev–Trinajstić information content (AvgIpc) is 3.60. The third-order valence-electron chi connectivity index (χ3n) is 6.14. The number of aromatic nitrogens is 4. The molecule has 1 amide bonds. The van der Waals surface area contributed by atoms with Gasteiger partial charge in [-0.3, -0.25) is 4.79 Å². The van der Waals surface area contributed by atoms with Gasteiger partial charge in [0.05, 0.1) is 12.2 Å². The molecule has 178 valence electrons. The van der Waals surface area contributed by atoms with Gasteiger partial charge in [0.25, 0.3) is 5.91 Å². The van der Waals surface area contributed by atoms with Gasteiger partial charge in [0.15, 0.2) is 5.13 Å². The van der Waals surface area contributed by atoms with Gasteiger partial charge >= 0.3 is 0 Å². The van der Waals surface area contributed by atoms with Crippen molar-refractivity contribution in [1.29, 1.82) is 0 Å². The molecule has 1 saturated heterocycles. The van der Waals surface area contributed by atoms with Gasteiger partial charge in [-0.25, -0.2) is 4.98 Å². The quantitative estimate of drug-likeness (QED) is 0.385. The van der Waals surface area contributed by atoms with Crippen LogP contribution < -0.4 is 10.2 Å². The topological polar surface area (TPSA) is 90.0 Å². The zero-order chi connectivity index (χ0) is 23.5. The smallest absolute Gasteiger partial charge is 0.263 e. The number of nitrogens with one attached hydrogen (secondary N) is 2. The van der Waals surface area contributed by atoms with Crippen LogP contribution in [0.3, 0.4) is 0 Å². The predicted octanol–water partition coefficient (Wildman–Crippen LogP) is 3.89. The molecule has 2 N–H and O–H groups in total. The molecule has 0 spiro atoms. The highest BCUT2D eigenvalue weighted by atomic mass is 32.1. The first kappa shape index (κ1) is 22.9. The molecule has 34 heavy (non-hydrogen) atoms. The monoisotopic (exact) mass is 495 g/mol. The van der Waals surface area contributed by atoms with Crippen molar-refractivity contribution in [3.05, 3.63) is 57.1 Å². The van der Waals surface area contributed by atoms with Crippen LogP contribution in [0.1, 0.15) is 44.6 Å². The summed E-state index contributed by atoms with van der Waals surface area (Å²) < 4.78 is 0. The highest BCUT2D eigenvalue weighted by Crippen LogP contribution is 2.29. The second kappa shape index (κ2) is 10.2. The van der Waals surface area contributed by atoms with Crippen LogP contribution in [0.5, 0.6) is 0 Å². The number of anilines is 1. The van der Waals surface area contributed by atoms with E-state index in [-0.39, 0.29) is 11.9 Å². The van der Waals surface area contributed by atoms with Crippen molar-refractivity contribution in [2.45, 2.75) is 32.2 Å². The number of hydrogen-bond donors (Lipinski definition) is 2. The number of carbonyl (C=O) groups is 1. The van der Waals surface area contributed by atoms with Gasteiger partial charge in [0.2, 0.25) is 0 Å². The van der Waals surface area contributed by atoms with Gasteiger partial charge in [-0.1, -0.05) is 47.8 Å². The van der Waals surface area contributed by atoms with Gasteiger partial charge in [0.1, 0.15) is 14.9 Å². The first-order chi connectivity index (χ1) is 16.6. The number of amides is 1. The minimum Gasteiger partial charge on any atom is -0.361 e. The number of benzene rings is 1. The van der Waals surface area contributed by atoms with Crippen molar-refractivity contribution in [2.75, 3.05) is 38.1 Å². The molecule has 1 aliphatic heterocycles. The number of nitrogens with zero attached hydrogens (tertiary/aromatic N) is 5. The van der Waals surface area contributed by atoms with Crippen LogP contribution in [-0.2, 0) is 12.8 Å². The van der Waals surface area contributed by atoms with E-state index in [9.17, 15) is 4.79 Å². The maximum atomic E-state index is 13.3. The Bertz CT molecular complexity index is 1250. The summed E-state index contributed by atoms with van der Waals surface area (Å²) >= 11 is 3.04. The number of H-pyrrole nitrogens is 1. The van der Waals surface area contributed by atoms with Crippen molar-refractivity contribution in [3.8, 4) is 0 Å². The first-order valence-corrected chi connectivity index (χ1v) is 13.3. The number of piperazine rings is 1. The Hall–Kier alpha value is -2.82. The Kier molecular flexibility index (Phi) is 6.89. The van der Waals surface area contributed by atoms with Crippen LogP contribution in [0.15, 0.2) is 36.7 Å². The van der Waals surface area contributed by atoms with Crippen molar-refractivity contribution in [1.82, 2.24) is 30.4 Å². The summed E-state index contributed by atoms with van der Waals surface area (Å²) in [6, 6.07) is 7.96. The van der Waals surface area contributed by atoms with Crippen LogP contribution >= 0.6 is 22.7 Å². The highest BCUT2D eigenvalue weighted by molar-refractivity contribution is 7.17. The van der Waals surface area contributed by atoms with Crippen LogP contribution in [0.4, 0.5) is 5.13 Å². The summed E-state index contributed by atoms with van der Waals surface area (Å²) in [4.78, 5) is 26.3. The molecule has 1 aliphatic rings. The molecule has 3 aromatic heterocycles. The third kappa shape index (κ3) is 4.98. The van der Waals surface area contributed by atoms with E-state index in [1.807, 2.05) is 18.3 Å². The molecule has 1 atom stereocenters. The molecule has 0 radical (unpaired) electrons. The normalized spacial score (nSPS) is 15.6. The van der Waals surface area contributed by atoms with Crippen LogP contribution in [0.2, 0.25) is 0 Å². The Labute approximate surface area is 207 Å². The number of rotatable bonds is 8. The summed E-state index contributed by atoms with van der Waals surface area (Å²) in [5.41, 5.74) is 2.24. The number of likely N-dealkylation sites (N-methyl/N-ethyl adjacent to an activating group) is 1. The number of thiazole rings is 1. The van der Waals surface area contributed by atoms with Crippen LogP contribution in [-0.4, -0.2) is 64.2 Å². The lowest BCUT2D eigenvalue weighted by Crippen LogP contribution is -2.44. The number of aromatic amines is 1. The molecule has 4 aromatic rings. The summed E-state index contributed by atoms with van der Waals surface area (Å²) in [6.07, 6.45) is 6.27. The largest absolute Gasteiger partial charge is 0.361 e. The molecule has 1 aromatic carbocycles. The minimum atomic E-state index is -0.260. The lowest BCUT2D eigenvalue weighted by molar-refractivity contribution is 0.0940. The maximum Gasteiger partial charge on any atom is 0.263 e. The van der Waals surface area contributed by atoms with Crippen LogP contribution in [0, 0.1) is 0 Å². The molecule has 1 unspecified atom stereocenters. The molecule has 4 heterocycles. The van der Waals surface area contributed by atoms with Crippen molar-refractivity contribution in [2.24, 2.45) is 0 Å². The Morgan fingerprint density at radius 1 is 1.18 bits per heavy atom. The molecule has 8 nitrogen and oxygen atoms in total. The van der Waals surface area contributed by atoms with E-state index < -0.39 is 0 Å². The third-order valence-corrected chi connectivity index (χ3v) is 8.29. The van der Waals surface area contributed by atoms with E-state index in [0.29, 0.717) is 11.3 Å². The molecule has 0 aliphatic carbocycles. The van der Waals surface area contributed by atoms with E-state index >= 15 is 0 Å². The van der Waals surface area contributed by atoms with Gasteiger partial charge in [0, 0.05) is 56.1 Å². The van der Waals surface area contributed by atoms with E-state index in [2.05, 4.69) is 61.4 Å². The standard InChI is InChI=1S/C24H29N7OS2/c1-3-6-21-28-29-23(34-21)19(13-16-14-25-18-8-5-4-7-17(16)18)27-22(32)20-15-26-24(33-20)31-11-9-30(2)10-12-31/h4-5,7-8,14-15,19,25H,3,6,9-13H2,1-2H3,(H,27,32). The molecule has 0 saturated carbocycles. The zero-order valence-electron chi connectivity index (χ0n) is 19.5. The van der Waals surface area contributed by atoms with Gasteiger partial charge < -0.3 is 20.1 Å². The van der Waals surface area contributed by atoms with Crippen molar-refractivity contribution < 1.29 is 4.79 Å². The fourth-order valence-electron chi connectivity index (χ4n) is 4.19. The fourth-order valence-corrected chi connectivity index (χ4v) is 6.05. The number of aryl methyl sites for hydroxylation is 1. The summed E-state index contributed by atoms with van der Waals surface area (Å²) in [6.45, 7) is 6.00. The molecule has 0 bridgehead atoms. The van der Waals surface area contributed by atoms with Crippen molar-refractivity contribution in [3.63, 3.8) is 0 Å². The van der Waals surface area contributed by atoms with E-state index in [4.69, 9.17) is 0 Å². The van der Waals surface area contributed by atoms with Gasteiger partial charge in [-0.05, 0) is 25.1 Å². The first-order valence-electron chi connectivity index (χ1n) is 11.7. The molecular formula is C24H29N7OS2. The SMILES string of the molecule is CCCc1nnc(C(Cc2c[nH]c3ccccc23)NC(=O)c2cnc(N3CCN(C)CC3)s2)s1. The minimum absolute atomic E-state index is 0.116. The highest BCUT2D eigenvalue weighted by Gasteiger charge is 2.24. The number of hydrogen-bond acceptors (Lipinski definition) is 8. The Morgan fingerprint density at radius 2 is 2.00 bits per heavy atom. The van der Waals surface area contributed by atoms with Crippen molar-refractivity contribution >= 4 is 44.6 Å². The Morgan fingerprint density at radius 3 is 2.82 bits per heavy atom. The predicted molar refractivity (Wildman–Crippen MR) is 138 cm³/mol. The maximum absolute atomic E-state index is 13.3. The van der Waals surface area contributed by atoms with E-state index in [1.54, 1.807) is 17.5 Å². The number of fused-ring (bicyclic) bond motifs is 1.